The van der Waals surface area contributed by atoms with Crippen molar-refractivity contribution in [2.24, 2.45) is 22.9 Å². The van der Waals surface area contributed by atoms with Crippen LogP contribution in [0.2, 0.25) is 0 Å². The minimum atomic E-state index is -5.19. The average molecular weight is 800 g/mol. The molecule has 1 aromatic heterocycles. The first-order valence-corrected chi connectivity index (χ1v) is 18.8. The maximum atomic E-state index is 13.9. The number of fused-ring (bicyclic) bond motifs is 1. The largest absolute Gasteiger partial charge is 0.542 e. The molecule has 0 fully saturated rings. The number of carboxylic acids is 1. The van der Waals surface area contributed by atoms with Gasteiger partial charge in [-0.2, -0.15) is 23.2 Å². The zero-order valence-corrected chi connectivity index (χ0v) is 29.8. The molecule has 1 unspecified atom stereocenters. The van der Waals surface area contributed by atoms with E-state index in [-0.39, 0.29) is 40.7 Å². The number of guanidine groups is 2. The fourth-order valence-electron chi connectivity index (χ4n) is 3.96. The highest BCUT2D eigenvalue weighted by Gasteiger charge is 2.30. The molecule has 0 amide bonds. The van der Waals surface area contributed by atoms with E-state index in [0.29, 0.717) is 59.5 Å². The van der Waals surface area contributed by atoms with Crippen molar-refractivity contribution in [2.75, 3.05) is 32.6 Å². The maximum Gasteiger partial charge on any atom is 0.430 e. The summed E-state index contributed by atoms with van der Waals surface area (Å²) in [7, 11) is -8.93. The molecule has 3 rings (SSSR count). The van der Waals surface area contributed by atoms with E-state index in [0.717, 1.165) is 29.5 Å². The molecule has 0 radical (unpaired) electrons. The van der Waals surface area contributed by atoms with Gasteiger partial charge in [0.1, 0.15) is 34.1 Å². The molecule has 17 nitrogen and oxygen atoms in total. The lowest BCUT2D eigenvalue weighted by Gasteiger charge is -2.14. The van der Waals surface area contributed by atoms with Crippen LogP contribution in [0, 0.1) is 17.1 Å². The second kappa shape index (κ2) is 19.1. The van der Waals surface area contributed by atoms with Gasteiger partial charge in [-0.25, -0.2) is 17.4 Å². The first-order valence-electron chi connectivity index (χ1n) is 14.8. The molecule has 0 aliphatic rings. The number of nitrogens with two attached hydrogens (primary N) is 4. The molecular formula is C28H36F4N8O9PS2+. The van der Waals surface area contributed by atoms with E-state index in [4.69, 9.17) is 52.1 Å². The van der Waals surface area contributed by atoms with Gasteiger partial charge in [-0.15, -0.1) is 11.3 Å². The molecule has 1 atom stereocenters. The van der Waals surface area contributed by atoms with Gasteiger partial charge in [-0.3, -0.25) is 32.9 Å². The lowest BCUT2D eigenvalue weighted by atomic mass is 10.1. The Labute approximate surface area is 298 Å². The number of thiophene rings is 1. The number of carbonyl (C=O) groups excluding carboxylic acids is 1. The average Bonchev–Trinajstić information content (AvgIpc) is 3.41. The van der Waals surface area contributed by atoms with Gasteiger partial charge in [0.15, 0.2) is 11.5 Å². The van der Waals surface area contributed by atoms with Crippen molar-refractivity contribution in [3.8, 4) is 23.3 Å². The molecule has 2 aromatic carbocycles. The molecule has 1 heterocycles. The maximum absolute atomic E-state index is 13.9. The van der Waals surface area contributed by atoms with Gasteiger partial charge in [-0.1, -0.05) is 6.92 Å². The third kappa shape index (κ3) is 13.7. The highest BCUT2D eigenvalue weighted by atomic mass is 32.2. The molecule has 3 aromatic rings. The van der Waals surface area contributed by atoms with E-state index in [1.165, 1.54) is 0 Å². The topological polar surface area (TPSA) is 307 Å². The lowest BCUT2D eigenvalue weighted by Crippen LogP contribution is -2.78. The minimum Gasteiger partial charge on any atom is -0.542 e. The van der Waals surface area contributed by atoms with Crippen LogP contribution in [0.3, 0.4) is 0 Å². The second-order valence-corrected chi connectivity index (χ2v) is 15.0. The molecule has 0 spiro atoms. The minimum absolute atomic E-state index is 0.0659. The summed E-state index contributed by atoms with van der Waals surface area (Å²) in [5.41, 5.74) is 21.9. The summed E-state index contributed by atoms with van der Waals surface area (Å²) in [5, 5.41) is 18.2. The summed E-state index contributed by atoms with van der Waals surface area (Å²) < 4.78 is 104. The summed E-state index contributed by atoms with van der Waals surface area (Å²) in [6, 6.07) is 7.96. The number of alkyl halides is 3. The van der Waals surface area contributed by atoms with Crippen LogP contribution in [-0.4, -0.2) is 70.0 Å². The van der Waals surface area contributed by atoms with Crippen molar-refractivity contribution in [3.05, 3.63) is 47.3 Å². The Morgan fingerprint density at radius 1 is 1.06 bits per heavy atom. The molecule has 0 aliphatic carbocycles. The van der Waals surface area contributed by atoms with E-state index < -0.39 is 41.9 Å². The number of ether oxygens (including phenoxy) is 2. The van der Waals surface area contributed by atoms with E-state index in [1.807, 2.05) is 0 Å². The molecule has 0 saturated heterocycles. The number of carboxylic acid groups (broad SMARTS) is 1. The van der Waals surface area contributed by atoms with Crippen LogP contribution >= 0.6 is 18.9 Å². The Morgan fingerprint density at radius 3 is 2.06 bits per heavy atom. The normalized spacial score (nSPS) is 12.4. The van der Waals surface area contributed by atoms with Gasteiger partial charge >= 0.3 is 25.7 Å². The Balaban J connectivity index is 0.00000121. The number of aliphatic carboxylic acids is 1. The first-order chi connectivity index (χ1) is 24.2. The highest BCUT2D eigenvalue weighted by molar-refractivity contribution is 7.92. The molecule has 0 saturated carbocycles. The molecule has 286 valence electrons. The number of rotatable bonds is 17. The zero-order valence-electron chi connectivity index (χ0n) is 27.3. The van der Waals surface area contributed by atoms with Crippen LogP contribution in [0.4, 0.5) is 17.6 Å². The molecule has 12 N–H and O–H groups in total. The van der Waals surface area contributed by atoms with Gasteiger partial charge < -0.3 is 28.8 Å². The number of nitrogens with zero attached hydrogens (tertiary/aromatic N) is 1. The number of sulfonamides is 1. The van der Waals surface area contributed by atoms with Crippen LogP contribution < -0.4 is 56.7 Å². The summed E-state index contributed by atoms with van der Waals surface area (Å²) in [6.07, 6.45) is -4.77. The van der Waals surface area contributed by atoms with Crippen molar-refractivity contribution < 1.29 is 69.3 Å². The van der Waals surface area contributed by atoms with Gasteiger partial charge in [-0.05, 0) is 30.2 Å². The Hall–Kier alpha value is -4.88. The number of nitriles is 1. The van der Waals surface area contributed by atoms with Gasteiger partial charge in [0.05, 0.1) is 31.9 Å². The third-order valence-corrected chi connectivity index (χ3v) is 10.7. The van der Waals surface area contributed by atoms with Crippen molar-refractivity contribution in [2.45, 2.75) is 36.6 Å². The summed E-state index contributed by atoms with van der Waals surface area (Å²) in [6.45, 7) is 3.26. The Kier molecular flexibility index (Phi) is 15.9. The Morgan fingerprint density at radius 2 is 1.60 bits per heavy atom. The number of carbonyl (C=O) groups is 1. The standard InChI is InChI=1S/C26H34FN8O7PS2.C2HF3O2/c1-2-18-19-12-21(40-9-3-7-33-25(29)30)22(41-10-4-8-34-26(31)32)13-23(19)44-24(18)45(38,39)35-15-43(36,37)42-17-6-5-16(14-28)20(27)11-17;3-2(4,5)1(6)7/h5-6,11-13,35H,2-4,7-10,15H2,1H3,(H,36,37)(H4,29,30,33)(H4,31,32,34);(H,6,7)/p+1. The van der Waals surface area contributed by atoms with Gasteiger partial charge in [0.2, 0.25) is 0 Å². The predicted octanol–water partition coefficient (Wildman–Crippen LogP) is -2.48. The van der Waals surface area contributed by atoms with Crippen LogP contribution in [0.15, 0.2) is 34.5 Å². The monoisotopic (exact) mass is 799 g/mol. The second-order valence-electron chi connectivity index (χ2n) is 10.3. The van der Waals surface area contributed by atoms with E-state index in [1.54, 1.807) is 25.1 Å². The van der Waals surface area contributed by atoms with Crippen molar-refractivity contribution in [3.63, 3.8) is 0 Å². The Bertz CT molecular complexity index is 1980. The number of benzene rings is 2. The van der Waals surface area contributed by atoms with Crippen molar-refractivity contribution >= 4 is 56.9 Å². The number of halogens is 4. The predicted molar refractivity (Wildman–Crippen MR) is 178 cm³/mol. The van der Waals surface area contributed by atoms with Crippen LogP contribution in [0.1, 0.15) is 30.9 Å². The van der Waals surface area contributed by atoms with E-state index >= 15 is 0 Å². The van der Waals surface area contributed by atoms with Crippen LogP contribution in [0.5, 0.6) is 17.2 Å². The number of nitrogens with one attached hydrogen (secondary N) is 3. The third-order valence-electron chi connectivity index (χ3n) is 6.23. The smallest absolute Gasteiger partial charge is 0.430 e. The zero-order chi connectivity index (χ0) is 39.3. The molecule has 0 aliphatic heterocycles. The SMILES string of the molecule is CCc1c(S(=O)(=O)NCP(=O)(O)Oc2ccc(C#N)c(F)c2)sc2cc(OCCC[NH+]=C(N)N)c(OCCC[NH+]=C(N)N)cc12.O=C([O-])C(F)(F)F. The summed E-state index contributed by atoms with van der Waals surface area (Å²) in [5.74, 6) is -3.35. The van der Waals surface area contributed by atoms with E-state index in [2.05, 4.69) is 14.7 Å². The molecule has 0 bridgehead atoms. The summed E-state index contributed by atoms with van der Waals surface area (Å²) in [4.78, 5) is 24.7. The number of hydrogen-bond acceptors (Lipinski definition) is 10. The van der Waals surface area contributed by atoms with Crippen LogP contribution in [0.25, 0.3) is 10.1 Å². The first kappa shape index (κ1) is 43.3. The van der Waals surface area contributed by atoms with Gasteiger partial charge in [0.25, 0.3) is 10.0 Å². The molecule has 52 heavy (non-hydrogen) atoms. The molecular weight excluding hydrogens is 763 g/mol. The summed E-state index contributed by atoms with van der Waals surface area (Å²) >= 11 is 0.954. The van der Waals surface area contributed by atoms with Gasteiger partial charge in [0, 0.05) is 35.1 Å². The quantitative estimate of drug-likeness (QED) is 0.0231. The fraction of sp³-hybridized carbons (Fsp3) is 0.357. The van der Waals surface area contributed by atoms with Crippen molar-refractivity contribution in [1.29, 1.82) is 5.26 Å². The van der Waals surface area contributed by atoms with E-state index in [9.17, 15) is 35.4 Å². The number of aryl methyl sites for hydroxylation is 1. The number of hydrogen-bond donors (Lipinski definition) is 8. The lowest BCUT2D eigenvalue weighted by molar-refractivity contribution is -0.460. The molecule has 24 heteroatoms. The highest BCUT2D eigenvalue weighted by Crippen LogP contribution is 2.44. The fourth-order valence-corrected chi connectivity index (χ4v) is 8.43. The van der Waals surface area contributed by atoms with Crippen molar-refractivity contribution in [1.82, 2.24) is 4.72 Å². The van der Waals surface area contributed by atoms with Crippen LogP contribution in [-0.2, 0) is 25.8 Å².